The van der Waals surface area contributed by atoms with Gasteiger partial charge in [0.2, 0.25) is 0 Å². The summed E-state index contributed by atoms with van der Waals surface area (Å²) in [7, 11) is 0. The Morgan fingerprint density at radius 3 is 1.33 bits per heavy atom. The van der Waals surface area contributed by atoms with Crippen molar-refractivity contribution in [1.29, 1.82) is 0 Å². The van der Waals surface area contributed by atoms with Gasteiger partial charge in [-0.05, 0) is 77.0 Å². The molecule has 0 unspecified atom stereocenters. The summed E-state index contributed by atoms with van der Waals surface area (Å²) < 4.78 is 10.5. The quantitative estimate of drug-likeness (QED) is 0.520. The van der Waals surface area contributed by atoms with Gasteiger partial charge < -0.3 is 9.47 Å². The maximum absolute atomic E-state index is 11.7. The molecule has 6 nitrogen and oxygen atoms in total. The van der Waals surface area contributed by atoms with E-state index in [1.807, 2.05) is 65.8 Å². The van der Waals surface area contributed by atoms with Crippen LogP contribution in [0.3, 0.4) is 0 Å². The molecular formula is C24H28N2O4. The Morgan fingerprint density at radius 2 is 1.07 bits per heavy atom. The number of carbonyl (C=O) groups is 2. The number of hydrogen-bond acceptors (Lipinski definition) is 6. The minimum Gasteiger partial charge on any atom is -0.457 e. The van der Waals surface area contributed by atoms with Crippen LogP contribution in [0.2, 0.25) is 0 Å². The molecule has 158 valence electrons. The van der Waals surface area contributed by atoms with E-state index >= 15 is 0 Å². The van der Waals surface area contributed by atoms with Gasteiger partial charge in [-0.15, -0.1) is 0 Å². The van der Waals surface area contributed by atoms with E-state index in [1.165, 1.54) is 12.2 Å². The lowest BCUT2D eigenvalue weighted by molar-refractivity contribution is -0.149. The Hall–Kier alpha value is -3.28. The summed E-state index contributed by atoms with van der Waals surface area (Å²) in [6.45, 7) is 10.9. The highest BCUT2D eigenvalue weighted by molar-refractivity contribution is 5.88. The minimum atomic E-state index is -0.524. The fraction of sp³-hybridized carbons (Fsp3) is 0.333. The first kappa shape index (κ1) is 23.0. The standard InChI is InChI=1S/C24H28N2O4/c1-23(2,3)29-21(27)13-9-17-7-11-19(25-15-17)20-12-8-18(16-26-20)10-14-22(28)30-24(4,5)6/h7-16H,1-6H3/b13-9+,14-10+. The van der Waals surface area contributed by atoms with Crippen molar-refractivity contribution < 1.29 is 19.1 Å². The van der Waals surface area contributed by atoms with Crippen molar-refractivity contribution >= 4 is 24.1 Å². The van der Waals surface area contributed by atoms with Crippen LogP contribution in [0, 0.1) is 0 Å². The molecule has 2 heterocycles. The van der Waals surface area contributed by atoms with Crippen LogP contribution in [0.5, 0.6) is 0 Å². The van der Waals surface area contributed by atoms with Crippen LogP contribution in [0.1, 0.15) is 52.7 Å². The third kappa shape index (κ3) is 8.39. The van der Waals surface area contributed by atoms with E-state index in [0.717, 1.165) is 11.1 Å². The molecular weight excluding hydrogens is 380 g/mol. The fourth-order valence-electron chi connectivity index (χ4n) is 2.31. The third-order valence-electron chi connectivity index (χ3n) is 3.47. The van der Waals surface area contributed by atoms with Crippen molar-refractivity contribution in [1.82, 2.24) is 9.97 Å². The molecule has 0 aromatic carbocycles. The predicted molar refractivity (Wildman–Crippen MR) is 117 cm³/mol. The smallest absolute Gasteiger partial charge is 0.331 e. The summed E-state index contributed by atoms with van der Waals surface area (Å²) >= 11 is 0. The Bertz CT molecular complexity index is 850. The highest BCUT2D eigenvalue weighted by Gasteiger charge is 2.14. The molecule has 2 aromatic rings. The maximum Gasteiger partial charge on any atom is 0.331 e. The summed E-state index contributed by atoms with van der Waals surface area (Å²) in [5.74, 6) is -0.800. The van der Waals surface area contributed by atoms with E-state index in [-0.39, 0.29) is 0 Å². The summed E-state index contributed by atoms with van der Waals surface area (Å²) in [6.07, 6.45) is 9.39. The van der Waals surface area contributed by atoms with Crippen molar-refractivity contribution in [2.75, 3.05) is 0 Å². The van der Waals surface area contributed by atoms with E-state index in [9.17, 15) is 9.59 Å². The van der Waals surface area contributed by atoms with Gasteiger partial charge in [-0.25, -0.2) is 9.59 Å². The molecule has 0 N–H and O–H groups in total. The second kappa shape index (κ2) is 9.48. The molecule has 0 radical (unpaired) electrons. The second-order valence-corrected chi connectivity index (χ2v) is 8.69. The van der Waals surface area contributed by atoms with Gasteiger partial charge in [0.15, 0.2) is 0 Å². The molecule has 0 aliphatic heterocycles. The van der Waals surface area contributed by atoms with Crippen LogP contribution in [-0.4, -0.2) is 33.1 Å². The Kier molecular flexibility index (Phi) is 7.27. The zero-order valence-corrected chi connectivity index (χ0v) is 18.3. The lowest BCUT2D eigenvalue weighted by atomic mass is 10.1. The van der Waals surface area contributed by atoms with Gasteiger partial charge >= 0.3 is 11.9 Å². The average Bonchev–Trinajstić information content (AvgIpc) is 2.63. The Balaban J connectivity index is 2.00. The highest BCUT2D eigenvalue weighted by atomic mass is 16.6. The highest BCUT2D eigenvalue weighted by Crippen LogP contribution is 2.16. The van der Waals surface area contributed by atoms with Crippen molar-refractivity contribution in [3.63, 3.8) is 0 Å². The molecule has 0 atom stereocenters. The summed E-state index contributed by atoms with van der Waals surface area (Å²) in [6, 6.07) is 7.35. The number of pyridine rings is 2. The summed E-state index contributed by atoms with van der Waals surface area (Å²) in [5.41, 5.74) is 1.91. The molecule has 0 aliphatic rings. The second-order valence-electron chi connectivity index (χ2n) is 8.69. The molecule has 0 fully saturated rings. The summed E-state index contributed by atoms with van der Waals surface area (Å²) in [5, 5.41) is 0. The fourth-order valence-corrected chi connectivity index (χ4v) is 2.31. The van der Waals surface area contributed by atoms with E-state index in [4.69, 9.17) is 9.47 Å². The molecule has 0 aliphatic carbocycles. The maximum atomic E-state index is 11.7. The molecule has 0 bridgehead atoms. The lowest BCUT2D eigenvalue weighted by Gasteiger charge is -2.17. The number of nitrogens with zero attached hydrogens (tertiary/aromatic N) is 2. The molecule has 6 heteroatoms. The Labute approximate surface area is 177 Å². The van der Waals surface area contributed by atoms with Gasteiger partial charge in [-0.3, -0.25) is 9.97 Å². The Morgan fingerprint density at radius 1 is 0.700 bits per heavy atom. The van der Waals surface area contributed by atoms with Crippen LogP contribution < -0.4 is 0 Å². The number of aromatic nitrogens is 2. The van der Waals surface area contributed by atoms with Crippen LogP contribution in [0.15, 0.2) is 48.8 Å². The third-order valence-corrected chi connectivity index (χ3v) is 3.47. The summed E-state index contributed by atoms with van der Waals surface area (Å²) in [4.78, 5) is 32.3. The van der Waals surface area contributed by atoms with Gasteiger partial charge in [0.1, 0.15) is 11.2 Å². The van der Waals surface area contributed by atoms with E-state index in [1.54, 1.807) is 24.5 Å². The lowest BCUT2D eigenvalue weighted by Crippen LogP contribution is -2.22. The number of esters is 2. The molecule has 30 heavy (non-hydrogen) atoms. The van der Waals surface area contributed by atoms with Crippen molar-refractivity contribution in [2.45, 2.75) is 52.7 Å². The van der Waals surface area contributed by atoms with E-state index < -0.39 is 23.1 Å². The van der Waals surface area contributed by atoms with Gasteiger partial charge in [0.05, 0.1) is 11.4 Å². The van der Waals surface area contributed by atoms with Crippen LogP contribution in [-0.2, 0) is 19.1 Å². The van der Waals surface area contributed by atoms with Gasteiger partial charge in [0.25, 0.3) is 0 Å². The topological polar surface area (TPSA) is 78.4 Å². The van der Waals surface area contributed by atoms with Crippen molar-refractivity contribution in [3.8, 4) is 11.4 Å². The normalized spacial score (nSPS) is 12.3. The van der Waals surface area contributed by atoms with Crippen molar-refractivity contribution in [3.05, 3.63) is 59.9 Å². The van der Waals surface area contributed by atoms with Crippen molar-refractivity contribution in [2.24, 2.45) is 0 Å². The first-order valence-corrected chi connectivity index (χ1v) is 9.66. The first-order valence-electron chi connectivity index (χ1n) is 9.66. The van der Waals surface area contributed by atoms with Gasteiger partial charge in [-0.2, -0.15) is 0 Å². The molecule has 0 saturated carbocycles. The average molecular weight is 408 g/mol. The minimum absolute atomic E-state index is 0.400. The van der Waals surface area contributed by atoms with Crippen LogP contribution in [0.25, 0.3) is 23.5 Å². The van der Waals surface area contributed by atoms with E-state index in [0.29, 0.717) is 11.4 Å². The first-order chi connectivity index (χ1) is 13.9. The molecule has 0 spiro atoms. The zero-order valence-electron chi connectivity index (χ0n) is 18.3. The largest absolute Gasteiger partial charge is 0.457 e. The van der Waals surface area contributed by atoms with Crippen LogP contribution >= 0.6 is 0 Å². The number of hydrogen-bond donors (Lipinski definition) is 0. The number of ether oxygens (including phenoxy) is 2. The zero-order chi connectivity index (χ0) is 22.4. The van der Waals surface area contributed by atoms with Gasteiger partial charge in [-0.1, -0.05) is 12.1 Å². The van der Waals surface area contributed by atoms with E-state index in [2.05, 4.69) is 9.97 Å². The molecule has 0 saturated heterocycles. The number of carbonyl (C=O) groups excluding carboxylic acids is 2. The SMILES string of the molecule is CC(C)(C)OC(=O)/C=C/c1ccc(-c2ccc(/C=C/C(=O)OC(C)(C)C)cn2)nc1. The van der Waals surface area contributed by atoms with Crippen LogP contribution in [0.4, 0.5) is 0 Å². The monoisotopic (exact) mass is 408 g/mol. The molecule has 2 rings (SSSR count). The van der Waals surface area contributed by atoms with Gasteiger partial charge in [0, 0.05) is 24.5 Å². The molecule has 2 aromatic heterocycles. The molecule has 0 amide bonds. The predicted octanol–water partition coefficient (Wildman–Crippen LogP) is 4.85. The number of rotatable bonds is 5.